The summed E-state index contributed by atoms with van der Waals surface area (Å²) in [6.45, 7) is 4.03. The summed E-state index contributed by atoms with van der Waals surface area (Å²) in [5.74, 6) is 0.0725. The Kier molecular flexibility index (Phi) is 6.01. The van der Waals surface area contributed by atoms with Gasteiger partial charge in [0.2, 0.25) is 5.91 Å². The molecule has 1 amide bonds. The molecule has 3 nitrogen and oxygen atoms in total. The number of halogens is 1. The molecule has 0 unspecified atom stereocenters. The molecule has 0 atom stereocenters. The van der Waals surface area contributed by atoms with E-state index >= 15 is 0 Å². The van der Waals surface area contributed by atoms with Crippen LogP contribution in [0.1, 0.15) is 12.5 Å². The van der Waals surface area contributed by atoms with Crippen molar-refractivity contribution < 1.29 is 4.79 Å². The van der Waals surface area contributed by atoms with Crippen LogP contribution in [0.25, 0.3) is 0 Å². The molecule has 1 aromatic rings. The molecule has 0 saturated carbocycles. The van der Waals surface area contributed by atoms with Crippen molar-refractivity contribution in [2.24, 2.45) is 0 Å². The number of benzene rings is 1. The van der Waals surface area contributed by atoms with Gasteiger partial charge in [-0.25, -0.2) is 0 Å². The summed E-state index contributed by atoms with van der Waals surface area (Å²) in [4.78, 5) is 13.5. The van der Waals surface area contributed by atoms with Crippen LogP contribution in [0, 0.1) is 0 Å². The van der Waals surface area contributed by atoms with Crippen LogP contribution < -0.4 is 5.32 Å². The van der Waals surface area contributed by atoms with E-state index in [0.717, 1.165) is 18.0 Å². The van der Waals surface area contributed by atoms with E-state index in [1.165, 1.54) is 5.56 Å². The number of hydrogen-bond acceptors (Lipinski definition) is 2. The van der Waals surface area contributed by atoms with Gasteiger partial charge in [-0.15, -0.1) is 0 Å². The van der Waals surface area contributed by atoms with Gasteiger partial charge in [0.25, 0.3) is 0 Å². The van der Waals surface area contributed by atoms with Gasteiger partial charge < -0.3 is 5.32 Å². The van der Waals surface area contributed by atoms with Crippen molar-refractivity contribution in [2.45, 2.75) is 13.3 Å². The number of nitrogens with one attached hydrogen (secondary N) is 1. The first-order chi connectivity index (χ1) is 8.11. The minimum atomic E-state index is 0.0725. The van der Waals surface area contributed by atoms with Crippen LogP contribution in [0.3, 0.4) is 0 Å². The first-order valence-electron chi connectivity index (χ1n) is 5.81. The lowest BCUT2D eigenvalue weighted by molar-refractivity contribution is -0.121. The zero-order valence-corrected chi connectivity index (χ0v) is 11.1. The van der Waals surface area contributed by atoms with E-state index in [0.29, 0.717) is 13.1 Å². The molecule has 0 radical (unpaired) electrons. The SMILES string of the molecule is CCN(C)CC(=O)NCCc1ccc(Cl)cc1. The van der Waals surface area contributed by atoms with Gasteiger partial charge >= 0.3 is 0 Å². The summed E-state index contributed by atoms with van der Waals surface area (Å²) >= 11 is 5.79. The van der Waals surface area contributed by atoms with Crippen LogP contribution in [0.4, 0.5) is 0 Å². The van der Waals surface area contributed by atoms with Crippen molar-refractivity contribution in [3.8, 4) is 0 Å². The minimum absolute atomic E-state index is 0.0725. The molecule has 0 aliphatic heterocycles. The Morgan fingerprint density at radius 2 is 2.00 bits per heavy atom. The van der Waals surface area contributed by atoms with E-state index in [4.69, 9.17) is 11.6 Å². The maximum Gasteiger partial charge on any atom is 0.234 e. The highest BCUT2D eigenvalue weighted by Gasteiger charge is 2.03. The summed E-state index contributed by atoms with van der Waals surface area (Å²) in [6.07, 6.45) is 0.832. The molecule has 0 heterocycles. The summed E-state index contributed by atoms with van der Waals surface area (Å²) in [6, 6.07) is 7.69. The Hall–Kier alpha value is -1.06. The Morgan fingerprint density at radius 3 is 2.59 bits per heavy atom. The molecule has 0 aliphatic carbocycles. The van der Waals surface area contributed by atoms with E-state index in [1.807, 2.05) is 43.1 Å². The number of carbonyl (C=O) groups excluding carboxylic acids is 1. The van der Waals surface area contributed by atoms with Crippen molar-refractivity contribution in [2.75, 3.05) is 26.7 Å². The third-order valence-electron chi connectivity index (χ3n) is 2.60. The normalized spacial score (nSPS) is 10.6. The molecule has 0 bridgehead atoms. The highest BCUT2D eigenvalue weighted by Crippen LogP contribution is 2.09. The number of rotatable bonds is 6. The second-order valence-electron chi connectivity index (χ2n) is 4.06. The van der Waals surface area contributed by atoms with Crippen LogP contribution in [0.5, 0.6) is 0 Å². The fraction of sp³-hybridized carbons (Fsp3) is 0.462. The van der Waals surface area contributed by atoms with Crippen LogP contribution in [-0.2, 0) is 11.2 Å². The Morgan fingerprint density at radius 1 is 1.35 bits per heavy atom. The number of nitrogens with zero attached hydrogens (tertiary/aromatic N) is 1. The van der Waals surface area contributed by atoms with Crippen LogP contribution in [-0.4, -0.2) is 37.5 Å². The van der Waals surface area contributed by atoms with Gasteiger partial charge in [0.1, 0.15) is 0 Å². The predicted octanol–water partition coefficient (Wildman–Crippen LogP) is 1.95. The van der Waals surface area contributed by atoms with E-state index in [-0.39, 0.29) is 5.91 Å². The van der Waals surface area contributed by atoms with Crippen molar-refractivity contribution in [1.82, 2.24) is 10.2 Å². The monoisotopic (exact) mass is 254 g/mol. The van der Waals surface area contributed by atoms with Gasteiger partial charge in [-0.05, 0) is 37.7 Å². The average Bonchev–Trinajstić information content (AvgIpc) is 2.31. The number of hydrogen-bond donors (Lipinski definition) is 1. The highest BCUT2D eigenvalue weighted by atomic mass is 35.5. The largest absolute Gasteiger partial charge is 0.355 e. The zero-order valence-electron chi connectivity index (χ0n) is 10.4. The smallest absolute Gasteiger partial charge is 0.234 e. The minimum Gasteiger partial charge on any atom is -0.355 e. The maximum absolute atomic E-state index is 11.5. The average molecular weight is 255 g/mol. The van der Waals surface area contributed by atoms with Gasteiger partial charge in [0.15, 0.2) is 0 Å². The number of likely N-dealkylation sites (N-methyl/N-ethyl adjacent to an activating group) is 1. The third-order valence-corrected chi connectivity index (χ3v) is 2.85. The van der Waals surface area contributed by atoms with Crippen molar-refractivity contribution in [3.63, 3.8) is 0 Å². The van der Waals surface area contributed by atoms with E-state index in [1.54, 1.807) is 0 Å². The van der Waals surface area contributed by atoms with Gasteiger partial charge in [0.05, 0.1) is 6.54 Å². The predicted molar refractivity (Wildman–Crippen MR) is 71.3 cm³/mol. The Balaban J connectivity index is 2.23. The Labute approximate surface area is 108 Å². The van der Waals surface area contributed by atoms with Crippen LogP contribution in [0.2, 0.25) is 5.02 Å². The van der Waals surface area contributed by atoms with Gasteiger partial charge in [-0.3, -0.25) is 9.69 Å². The molecule has 1 rings (SSSR count). The molecule has 4 heteroatoms. The molecule has 0 spiro atoms. The summed E-state index contributed by atoms with van der Waals surface area (Å²) < 4.78 is 0. The molecule has 1 N–H and O–H groups in total. The summed E-state index contributed by atoms with van der Waals surface area (Å²) in [7, 11) is 1.93. The summed E-state index contributed by atoms with van der Waals surface area (Å²) in [5.41, 5.74) is 1.18. The number of amides is 1. The first-order valence-corrected chi connectivity index (χ1v) is 6.19. The zero-order chi connectivity index (χ0) is 12.7. The maximum atomic E-state index is 11.5. The van der Waals surface area contributed by atoms with Crippen molar-refractivity contribution in [3.05, 3.63) is 34.9 Å². The fourth-order valence-electron chi connectivity index (χ4n) is 1.41. The highest BCUT2D eigenvalue weighted by molar-refractivity contribution is 6.30. The van der Waals surface area contributed by atoms with Gasteiger partial charge in [-0.2, -0.15) is 0 Å². The lowest BCUT2D eigenvalue weighted by Gasteiger charge is -2.13. The van der Waals surface area contributed by atoms with Crippen LogP contribution in [0.15, 0.2) is 24.3 Å². The second kappa shape index (κ2) is 7.30. The molecule has 0 aliphatic rings. The molecular formula is C13H19ClN2O. The molecule has 17 heavy (non-hydrogen) atoms. The molecular weight excluding hydrogens is 236 g/mol. The Bertz CT molecular complexity index is 351. The van der Waals surface area contributed by atoms with E-state index in [9.17, 15) is 4.79 Å². The topological polar surface area (TPSA) is 32.3 Å². The lowest BCUT2D eigenvalue weighted by atomic mass is 10.1. The van der Waals surface area contributed by atoms with Gasteiger partial charge in [0, 0.05) is 11.6 Å². The van der Waals surface area contributed by atoms with Crippen LogP contribution >= 0.6 is 11.6 Å². The lowest BCUT2D eigenvalue weighted by Crippen LogP contribution is -2.35. The molecule has 0 saturated heterocycles. The fourth-order valence-corrected chi connectivity index (χ4v) is 1.54. The van der Waals surface area contributed by atoms with E-state index < -0.39 is 0 Å². The van der Waals surface area contributed by atoms with Crippen molar-refractivity contribution in [1.29, 1.82) is 0 Å². The number of carbonyl (C=O) groups is 1. The third kappa shape index (κ3) is 5.71. The van der Waals surface area contributed by atoms with E-state index in [2.05, 4.69) is 5.32 Å². The second-order valence-corrected chi connectivity index (χ2v) is 4.49. The first kappa shape index (κ1) is 14.0. The van der Waals surface area contributed by atoms with Gasteiger partial charge in [-0.1, -0.05) is 30.7 Å². The van der Waals surface area contributed by atoms with Crippen molar-refractivity contribution >= 4 is 17.5 Å². The quantitative estimate of drug-likeness (QED) is 0.842. The molecule has 94 valence electrons. The summed E-state index contributed by atoms with van der Waals surface area (Å²) in [5, 5.41) is 3.64. The molecule has 1 aromatic carbocycles. The molecule has 0 fully saturated rings. The molecule has 0 aromatic heterocycles. The standard InChI is InChI=1S/C13H19ClN2O/c1-3-16(2)10-13(17)15-9-8-11-4-6-12(14)7-5-11/h4-7H,3,8-10H2,1-2H3,(H,15,17).